The minimum atomic E-state index is -1.63. The van der Waals surface area contributed by atoms with Gasteiger partial charge in [0.25, 0.3) is 5.69 Å². The van der Waals surface area contributed by atoms with Gasteiger partial charge in [-0.2, -0.15) is 0 Å². The van der Waals surface area contributed by atoms with Gasteiger partial charge in [-0.25, -0.2) is 9.59 Å². The van der Waals surface area contributed by atoms with E-state index in [1.807, 2.05) is 0 Å². The Labute approximate surface area is 155 Å². The van der Waals surface area contributed by atoms with Crippen LogP contribution in [0.25, 0.3) is 0 Å². The average molecular weight is 396 g/mol. The Morgan fingerprint density at radius 2 is 1.58 bits per heavy atom. The second kappa shape index (κ2) is 7.41. The van der Waals surface area contributed by atoms with Crippen LogP contribution in [0.15, 0.2) is 40.1 Å². The fraction of sp³-hybridized carbons (Fsp3) is 0. The quantitative estimate of drug-likeness (QED) is 0.229. The van der Waals surface area contributed by atoms with Crippen LogP contribution in [0.2, 0.25) is 0 Å². The molecule has 0 amide bonds. The first kappa shape index (κ1) is 19.2. The van der Waals surface area contributed by atoms with Crippen molar-refractivity contribution in [3.8, 4) is 5.75 Å². The lowest BCUT2D eigenvalue weighted by molar-refractivity contribution is -0.386. The molecule has 2 aromatic carbocycles. The molecular weight excluding hydrogens is 388 g/mol. The van der Waals surface area contributed by atoms with Crippen LogP contribution in [-0.2, 0) is 0 Å². The molecule has 134 valence electrons. The second-order valence-electron chi connectivity index (χ2n) is 4.75. The summed E-state index contributed by atoms with van der Waals surface area (Å²) in [5, 5.41) is 31.3. The number of esters is 1. The summed E-state index contributed by atoms with van der Waals surface area (Å²) in [5.41, 5.74) is -2.83. The first-order valence-electron chi connectivity index (χ1n) is 6.56. The monoisotopic (exact) mass is 396 g/mol. The van der Waals surface area contributed by atoms with Crippen molar-refractivity contribution >= 4 is 48.6 Å². The number of ether oxygens (including phenoxy) is 1. The lowest BCUT2D eigenvalue weighted by Crippen LogP contribution is -2.13. The highest BCUT2D eigenvalue weighted by atomic mass is 32.1. The number of nitro groups is 2. The van der Waals surface area contributed by atoms with E-state index in [0.29, 0.717) is 0 Å². The van der Waals surface area contributed by atoms with Crippen molar-refractivity contribution in [3.05, 3.63) is 61.7 Å². The first-order chi connectivity index (χ1) is 12.1. The molecule has 0 aliphatic carbocycles. The number of hydrogen-bond acceptors (Lipinski definition) is 9. The van der Waals surface area contributed by atoms with Crippen molar-refractivity contribution < 1.29 is 29.3 Å². The number of thiol groups is 2. The van der Waals surface area contributed by atoms with E-state index in [4.69, 9.17) is 9.84 Å². The van der Waals surface area contributed by atoms with Crippen molar-refractivity contribution in [1.82, 2.24) is 0 Å². The molecule has 0 saturated heterocycles. The van der Waals surface area contributed by atoms with Crippen LogP contribution in [0.4, 0.5) is 11.4 Å². The summed E-state index contributed by atoms with van der Waals surface area (Å²) in [5.74, 6) is -3.62. The van der Waals surface area contributed by atoms with Gasteiger partial charge in [-0.3, -0.25) is 20.2 Å². The molecular formula is C14H8N2O8S2. The van der Waals surface area contributed by atoms with Crippen molar-refractivity contribution in [1.29, 1.82) is 0 Å². The number of carbonyl (C=O) groups excluding carboxylic acids is 1. The molecule has 0 fully saturated rings. The van der Waals surface area contributed by atoms with Gasteiger partial charge < -0.3 is 9.84 Å². The Hall–Kier alpha value is -3.12. The first-order valence-corrected chi connectivity index (χ1v) is 7.45. The van der Waals surface area contributed by atoms with Gasteiger partial charge in [-0.05, 0) is 18.2 Å². The lowest BCUT2D eigenvalue weighted by atomic mass is 10.1. The molecule has 0 radical (unpaired) electrons. The molecule has 0 heterocycles. The normalized spacial score (nSPS) is 10.2. The maximum absolute atomic E-state index is 12.3. The fourth-order valence-electron chi connectivity index (χ4n) is 2.02. The molecule has 0 aliphatic heterocycles. The van der Waals surface area contributed by atoms with Gasteiger partial charge in [-0.1, -0.05) is 0 Å². The number of benzene rings is 2. The van der Waals surface area contributed by atoms with E-state index in [-0.39, 0.29) is 9.79 Å². The highest BCUT2D eigenvalue weighted by Crippen LogP contribution is 2.35. The van der Waals surface area contributed by atoms with E-state index in [0.717, 1.165) is 24.3 Å². The molecule has 10 nitrogen and oxygen atoms in total. The third-order valence-electron chi connectivity index (χ3n) is 3.07. The summed E-state index contributed by atoms with van der Waals surface area (Å²) in [6, 6.07) is 5.22. The molecule has 0 aromatic heterocycles. The number of carboxylic acids is 1. The van der Waals surface area contributed by atoms with Gasteiger partial charge >= 0.3 is 17.6 Å². The van der Waals surface area contributed by atoms with Gasteiger partial charge in [0.15, 0.2) is 0 Å². The lowest BCUT2D eigenvalue weighted by Gasteiger charge is -2.08. The number of nitrogens with zero attached hydrogens (tertiary/aromatic N) is 2. The standard InChI is InChI=1S/C14H8N2O8S2/c17-13(18)9-4-7(26)5-11(12(9)16(22)23)24-14(19)8-3-6(25)1-2-10(8)15(20)21/h1-5,25-26H,(H,17,18). The molecule has 0 spiro atoms. The zero-order valence-electron chi connectivity index (χ0n) is 12.5. The molecule has 12 heteroatoms. The molecule has 0 unspecified atom stereocenters. The second-order valence-corrected chi connectivity index (χ2v) is 5.78. The number of nitro benzene ring substituents is 2. The predicted octanol–water partition coefficient (Wildman–Crippen LogP) is 3.00. The molecule has 2 aromatic rings. The van der Waals surface area contributed by atoms with Crippen LogP contribution < -0.4 is 4.74 Å². The molecule has 1 N–H and O–H groups in total. The SMILES string of the molecule is O=C(Oc1cc(S)cc(C(=O)O)c1[N+](=O)[O-])c1cc(S)ccc1[N+](=O)[O-]. The number of hydrogen-bond donors (Lipinski definition) is 3. The van der Waals surface area contributed by atoms with Crippen LogP contribution in [0.5, 0.6) is 5.75 Å². The Morgan fingerprint density at radius 1 is 0.962 bits per heavy atom. The molecule has 0 saturated carbocycles. The van der Waals surface area contributed by atoms with Crippen LogP contribution in [0.1, 0.15) is 20.7 Å². The van der Waals surface area contributed by atoms with Crippen molar-refractivity contribution in [3.63, 3.8) is 0 Å². The molecule has 26 heavy (non-hydrogen) atoms. The van der Waals surface area contributed by atoms with Crippen LogP contribution in [0.3, 0.4) is 0 Å². The van der Waals surface area contributed by atoms with Crippen molar-refractivity contribution in [2.75, 3.05) is 0 Å². The number of carboxylic acid groups (broad SMARTS) is 1. The zero-order valence-corrected chi connectivity index (χ0v) is 14.3. The van der Waals surface area contributed by atoms with Gasteiger partial charge in [0, 0.05) is 21.9 Å². The molecule has 0 atom stereocenters. The summed E-state index contributed by atoms with van der Waals surface area (Å²) in [6.45, 7) is 0. The Kier molecular flexibility index (Phi) is 5.47. The summed E-state index contributed by atoms with van der Waals surface area (Å²) < 4.78 is 4.88. The summed E-state index contributed by atoms with van der Waals surface area (Å²) in [4.78, 5) is 44.1. The minimum Gasteiger partial charge on any atom is -0.477 e. The summed E-state index contributed by atoms with van der Waals surface area (Å²) in [7, 11) is 0. The molecule has 2 rings (SSSR count). The van der Waals surface area contributed by atoms with Crippen molar-refractivity contribution in [2.24, 2.45) is 0 Å². The van der Waals surface area contributed by atoms with E-state index < -0.39 is 50.0 Å². The minimum absolute atomic E-state index is 0.0201. The van der Waals surface area contributed by atoms with Crippen LogP contribution in [-0.4, -0.2) is 26.9 Å². The highest BCUT2D eigenvalue weighted by molar-refractivity contribution is 7.80. The number of aromatic carboxylic acids is 1. The van der Waals surface area contributed by atoms with Crippen LogP contribution in [0, 0.1) is 20.2 Å². The third-order valence-corrected chi connectivity index (χ3v) is 3.61. The van der Waals surface area contributed by atoms with E-state index in [1.165, 1.54) is 6.07 Å². The van der Waals surface area contributed by atoms with Gasteiger partial charge in [-0.15, -0.1) is 25.3 Å². The smallest absolute Gasteiger partial charge is 0.350 e. The maximum Gasteiger partial charge on any atom is 0.350 e. The third kappa shape index (κ3) is 3.92. The predicted molar refractivity (Wildman–Crippen MR) is 92.6 cm³/mol. The van der Waals surface area contributed by atoms with Gasteiger partial charge in [0.05, 0.1) is 9.85 Å². The van der Waals surface area contributed by atoms with Gasteiger partial charge in [0.1, 0.15) is 11.1 Å². The maximum atomic E-state index is 12.3. The Balaban J connectivity index is 2.57. The van der Waals surface area contributed by atoms with Gasteiger partial charge in [0.2, 0.25) is 5.75 Å². The topological polar surface area (TPSA) is 150 Å². The van der Waals surface area contributed by atoms with E-state index >= 15 is 0 Å². The molecule has 0 aliphatic rings. The number of rotatable bonds is 5. The van der Waals surface area contributed by atoms with E-state index in [1.54, 1.807) is 0 Å². The van der Waals surface area contributed by atoms with Crippen molar-refractivity contribution in [2.45, 2.75) is 9.79 Å². The van der Waals surface area contributed by atoms with E-state index in [9.17, 15) is 29.8 Å². The highest BCUT2D eigenvalue weighted by Gasteiger charge is 2.30. The molecule has 0 bridgehead atoms. The summed E-state index contributed by atoms with van der Waals surface area (Å²) in [6.07, 6.45) is 0. The fourth-order valence-corrected chi connectivity index (χ4v) is 2.47. The summed E-state index contributed by atoms with van der Waals surface area (Å²) >= 11 is 7.89. The van der Waals surface area contributed by atoms with Crippen LogP contribution >= 0.6 is 25.3 Å². The average Bonchev–Trinajstić information content (AvgIpc) is 2.53. The Bertz CT molecular complexity index is 960. The number of carbonyl (C=O) groups is 2. The van der Waals surface area contributed by atoms with E-state index in [2.05, 4.69) is 25.3 Å². The Morgan fingerprint density at radius 3 is 2.12 bits per heavy atom. The largest absolute Gasteiger partial charge is 0.477 e. The zero-order chi connectivity index (χ0) is 19.6.